The summed E-state index contributed by atoms with van der Waals surface area (Å²) >= 11 is 1.14. The molecule has 0 spiro atoms. The lowest BCUT2D eigenvalue weighted by Gasteiger charge is -2.10. The number of thiophene rings is 1. The van der Waals surface area contributed by atoms with E-state index in [1.165, 1.54) is 12.1 Å². The molecule has 0 aliphatic carbocycles. The zero-order valence-corrected chi connectivity index (χ0v) is 11.0. The third-order valence-electron chi connectivity index (χ3n) is 2.74. The van der Waals surface area contributed by atoms with Crippen molar-refractivity contribution in [2.24, 2.45) is 0 Å². The first-order valence-corrected chi connectivity index (χ1v) is 6.56. The van der Waals surface area contributed by atoms with Gasteiger partial charge in [-0.25, -0.2) is 9.18 Å². The smallest absolute Gasteiger partial charge is 0.326 e. The number of carboxylic acids is 1. The average Bonchev–Trinajstić information content (AvgIpc) is 2.80. The molecule has 0 saturated heterocycles. The molecule has 1 heterocycles. The predicted octanol–water partition coefficient (Wildman–Crippen LogP) is 2.63. The molecule has 2 rings (SSSR count). The second kappa shape index (κ2) is 5.36. The van der Waals surface area contributed by atoms with E-state index in [0.29, 0.717) is 21.4 Å². The second-order valence-corrected chi connectivity index (χ2v) is 5.12. The minimum absolute atomic E-state index is 0.292. The van der Waals surface area contributed by atoms with Gasteiger partial charge < -0.3 is 10.4 Å². The molecule has 1 amide bonds. The minimum atomic E-state index is -1.08. The van der Waals surface area contributed by atoms with E-state index in [2.05, 4.69) is 5.32 Å². The molecule has 1 aromatic carbocycles. The Bertz CT molecular complexity index is 638. The molecule has 0 fully saturated rings. The number of fused-ring (bicyclic) bond motifs is 1. The van der Waals surface area contributed by atoms with Crippen LogP contribution in [0.5, 0.6) is 0 Å². The number of rotatable bonds is 4. The molecule has 0 aliphatic rings. The van der Waals surface area contributed by atoms with E-state index in [9.17, 15) is 14.0 Å². The van der Waals surface area contributed by atoms with Gasteiger partial charge in [-0.2, -0.15) is 0 Å². The molecule has 2 N–H and O–H groups in total. The molecule has 1 unspecified atom stereocenters. The molecule has 100 valence electrons. The third kappa shape index (κ3) is 2.73. The van der Waals surface area contributed by atoms with Crippen LogP contribution in [0.2, 0.25) is 0 Å². The van der Waals surface area contributed by atoms with Crippen molar-refractivity contribution in [3.8, 4) is 0 Å². The van der Waals surface area contributed by atoms with Crippen molar-refractivity contribution in [1.29, 1.82) is 0 Å². The van der Waals surface area contributed by atoms with E-state index in [-0.39, 0.29) is 0 Å². The summed E-state index contributed by atoms with van der Waals surface area (Å²) in [6.07, 6.45) is 0.292. The number of carbonyl (C=O) groups excluding carboxylic acids is 1. The molecule has 0 bridgehead atoms. The van der Waals surface area contributed by atoms with Crippen molar-refractivity contribution >= 4 is 33.3 Å². The maximum atomic E-state index is 13.5. The number of nitrogens with one attached hydrogen (secondary N) is 1. The lowest BCUT2D eigenvalue weighted by Crippen LogP contribution is -2.39. The van der Waals surface area contributed by atoms with Gasteiger partial charge in [0.25, 0.3) is 5.91 Å². The van der Waals surface area contributed by atoms with E-state index in [1.54, 1.807) is 19.1 Å². The number of carboxylic acid groups (broad SMARTS) is 1. The van der Waals surface area contributed by atoms with E-state index in [0.717, 1.165) is 11.3 Å². The van der Waals surface area contributed by atoms with Crippen LogP contribution in [-0.2, 0) is 4.79 Å². The van der Waals surface area contributed by atoms with Gasteiger partial charge in [0.1, 0.15) is 11.9 Å². The van der Waals surface area contributed by atoms with Gasteiger partial charge in [-0.1, -0.05) is 13.0 Å². The Morgan fingerprint density at radius 3 is 2.79 bits per heavy atom. The molecular weight excluding hydrogens is 269 g/mol. The summed E-state index contributed by atoms with van der Waals surface area (Å²) in [5.41, 5.74) is 0. The monoisotopic (exact) mass is 281 g/mol. The summed E-state index contributed by atoms with van der Waals surface area (Å²) < 4.78 is 14.2. The molecule has 0 aliphatic heterocycles. The Kier molecular flexibility index (Phi) is 3.80. The van der Waals surface area contributed by atoms with Crippen molar-refractivity contribution in [1.82, 2.24) is 5.32 Å². The zero-order valence-electron chi connectivity index (χ0n) is 10.1. The fraction of sp³-hybridized carbons (Fsp3) is 0.231. The van der Waals surface area contributed by atoms with Gasteiger partial charge in [-0.3, -0.25) is 4.79 Å². The molecular formula is C13H12FNO3S. The molecule has 2 aromatic rings. The fourth-order valence-corrected chi connectivity index (χ4v) is 2.68. The summed E-state index contributed by atoms with van der Waals surface area (Å²) in [6.45, 7) is 1.67. The summed E-state index contributed by atoms with van der Waals surface area (Å²) in [5, 5.41) is 11.7. The van der Waals surface area contributed by atoms with Crippen LogP contribution in [-0.4, -0.2) is 23.0 Å². The van der Waals surface area contributed by atoms with Crippen LogP contribution in [0.4, 0.5) is 4.39 Å². The van der Waals surface area contributed by atoms with E-state index < -0.39 is 23.7 Å². The first-order chi connectivity index (χ1) is 9.02. The minimum Gasteiger partial charge on any atom is -0.480 e. The van der Waals surface area contributed by atoms with E-state index in [4.69, 9.17) is 5.11 Å². The summed E-state index contributed by atoms with van der Waals surface area (Å²) in [4.78, 5) is 23.1. The first-order valence-electron chi connectivity index (χ1n) is 5.74. The van der Waals surface area contributed by atoms with Gasteiger partial charge in [0.05, 0.1) is 4.88 Å². The Morgan fingerprint density at radius 1 is 1.47 bits per heavy atom. The van der Waals surface area contributed by atoms with Gasteiger partial charge in [0.15, 0.2) is 0 Å². The third-order valence-corrected chi connectivity index (χ3v) is 3.84. The first kappa shape index (κ1) is 13.5. The normalized spacial score (nSPS) is 12.3. The van der Waals surface area contributed by atoms with E-state index in [1.807, 2.05) is 0 Å². The molecule has 6 heteroatoms. The summed E-state index contributed by atoms with van der Waals surface area (Å²) in [7, 11) is 0. The molecule has 1 aromatic heterocycles. The zero-order chi connectivity index (χ0) is 14.0. The van der Waals surface area contributed by atoms with Crippen LogP contribution in [0.3, 0.4) is 0 Å². The topological polar surface area (TPSA) is 66.4 Å². The number of halogens is 1. The maximum absolute atomic E-state index is 13.5. The van der Waals surface area contributed by atoms with Gasteiger partial charge in [0.2, 0.25) is 0 Å². The van der Waals surface area contributed by atoms with Crippen LogP contribution in [0.1, 0.15) is 23.0 Å². The van der Waals surface area contributed by atoms with Crippen LogP contribution < -0.4 is 5.32 Å². The Balaban J connectivity index is 2.27. The number of amides is 1. The highest BCUT2D eigenvalue weighted by Gasteiger charge is 2.20. The Morgan fingerprint density at radius 2 is 2.21 bits per heavy atom. The average molecular weight is 281 g/mol. The van der Waals surface area contributed by atoms with Gasteiger partial charge >= 0.3 is 5.97 Å². The highest BCUT2D eigenvalue weighted by molar-refractivity contribution is 7.20. The lowest BCUT2D eigenvalue weighted by molar-refractivity contribution is -0.139. The number of carbonyl (C=O) groups is 2. The van der Waals surface area contributed by atoms with Crippen LogP contribution in [0.25, 0.3) is 10.1 Å². The molecule has 4 nitrogen and oxygen atoms in total. The molecule has 0 saturated carbocycles. The fourth-order valence-electron chi connectivity index (χ4n) is 1.71. The number of hydrogen-bond donors (Lipinski definition) is 2. The van der Waals surface area contributed by atoms with Crippen molar-refractivity contribution in [2.75, 3.05) is 0 Å². The molecule has 1 atom stereocenters. The Labute approximate surface area is 112 Å². The van der Waals surface area contributed by atoms with Gasteiger partial charge in [0, 0.05) is 10.1 Å². The van der Waals surface area contributed by atoms with Crippen molar-refractivity contribution in [3.05, 3.63) is 35.0 Å². The number of benzene rings is 1. The van der Waals surface area contributed by atoms with Crippen molar-refractivity contribution in [2.45, 2.75) is 19.4 Å². The van der Waals surface area contributed by atoms with Gasteiger partial charge in [-0.05, 0) is 24.6 Å². The van der Waals surface area contributed by atoms with Crippen molar-refractivity contribution < 1.29 is 19.1 Å². The van der Waals surface area contributed by atoms with Crippen LogP contribution in [0.15, 0.2) is 24.3 Å². The molecule has 0 radical (unpaired) electrons. The number of hydrogen-bond acceptors (Lipinski definition) is 3. The summed E-state index contributed by atoms with van der Waals surface area (Å²) in [5.74, 6) is -1.96. The second-order valence-electron chi connectivity index (χ2n) is 4.03. The van der Waals surface area contributed by atoms with Crippen LogP contribution >= 0.6 is 11.3 Å². The standard InChI is InChI=1S/C13H12FNO3S/c1-2-9(13(17)18)15-12(16)11-6-7-8(14)4-3-5-10(7)19-11/h3-6,9H,2H2,1H3,(H,15,16)(H,17,18). The number of aliphatic carboxylic acids is 1. The maximum Gasteiger partial charge on any atom is 0.326 e. The highest BCUT2D eigenvalue weighted by atomic mass is 32.1. The highest BCUT2D eigenvalue weighted by Crippen LogP contribution is 2.27. The SMILES string of the molecule is CCC(NC(=O)c1cc2c(F)cccc2s1)C(=O)O. The van der Waals surface area contributed by atoms with Crippen LogP contribution in [0, 0.1) is 5.82 Å². The lowest BCUT2D eigenvalue weighted by atomic mass is 10.2. The van der Waals surface area contributed by atoms with Crippen molar-refractivity contribution in [3.63, 3.8) is 0 Å². The van der Waals surface area contributed by atoms with E-state index >= 15 is 0 Å². The largest absolute Gasteiger partial charge is 0.480 e. The molecule has 19 heavy (non-hydrogen) atoms. The summed E-state index contributed by atoms with van der Waals surface area (Å²) in [6, 6.07) is 5.13. The quantitative estimate of drug-likeness (QED) is 0.905. The predicted molar refractivity (Wildman–Crippen MR) is 71.0 cm³/mol. The van der Waals surface area contributed by atoms with Gasteiger partial charge in [-0.15, -0.1) is 11.3 Å². The Hall–Kier alpha value is -1.95.